The Bertz CT molecular complexity index is 356. The van der Waals surface area contributed by atoms with Gasteiger partial charge in [0.1, 0.15) is 5.78 Å². The highest BCUT2D eigenvalue weighted by Crippen LogP contribution is 2.19. The summed E-state index contributed by atoms with van der Waals surface area (Å²) < 4.78 is 0. The third-order valence-electron chi connectivity index (χ3n) is 2.60. The number of ketones is 1. The zero-order chi connectivity index (χ0) is 12.1. The summed E-state index contributed by atoms with van der Waals surface area (Å²) in [5.74, 6) is 1.01. The number of carbonyl (C=O) groups excluding carboxylic acids is 1. The first-order valence-electron chi connectivity index (χ1n) is 5.63. The van der Waals surface area contributed by atoms with E-state index in [0.29, 0.717) is 11.5 Å². The lowest BCUT2D eigenvalue weighted by Crippen LogP contribution is -2.12. The molecule has 1 aromatic rings. The number of hydrogen-bond donors (Lipinski definition) is 0. The Morgan fingerprint density at radius 3 is 2.69 bits per heavy atom. The standard InChI is InChI=1S/C13H19NOS/c1-5-10(3)12(15)8-16-13-7-9(2)6-11(4)14-13/h6-7,10H,5,8H2,1-4H3. The largest absolute Gasteiger partial charge is 0.298 e. The van der Waals surface area contributed by atoms with E-state index in [2.05, 4.69) is 11.9 Å². The lowest BCUT2D eigenvalue weighted by Gasteiger charge is -2.07. The van der Waals surface area contributed by atoms with Crippen LogP contribution in [0.1, 0.15) is 31.5 Å². The molecule has 0 saturated carbocycles. The van der Waals surface area contributed by atoms with Gasteiger partial charge in [0.05, 0.1) is 10.8 Å². The summed E-state index contributed by atoms with van der Waals surface area (Å²) >= 11 is 1.54. The first-order chi connectivity index (χ1) is 7.52. The normalized spacial score (nSPS) is 12.5. The SMILES string of the molecule is CCC(C)C(=O)CSc1cc(C)cc(C)n1. The number of aryl methyl sites for hydroxylation is 2. The van der Waals surface area contributed by atoms with E-state index >= 15 is 0 Å². The highest BCUT2D eigenvalue weighted by atomic mass is 32.2. The van der Waals surface area contributed by atoms with Crippen molar-refractivity contribution in [3.05, 3.63) is 23.4 Å². The van der Waals surface area contributed by atoms with Crippen LogP contribution in [0.4, 0.5) is 0 Å². The average Bonchev–Trinajstić information content (AvgIpc) is 2.23. The Labute approximate surface area is 102 Å². The fourth-order valence-electron chi connectivity index (χ4n) is 1.39. The number of nitrogens with zero attached hydrogens (tertiary/aromatic N) is 1. The number of hydrogen-bond acceptors (Lipinski definition) is 3. The van der Waals surface area contributed by atoms with Crippen LogP contribution < -0.4 is 0 Å². The molecule has 2 nitrogen and oxygen atoms in total. The van der Waals surface area contributed by atoms with Crippen molar-refractivity contribution in [3.63, 3.8) is 0 Å². The molecule has 3 heteroatoms. The molecule has 0 bridgehead atoms. The van der Waals surface area contributed by atoms with Crippen LogP contribution in [0.5, 0.6) is 0 Å². The van der Waals surface area contributed by atoms with E-state index < -0.39 is 0 Å². The van der Waals surface area contributed by atoms with E-state index in [4.69, 9.17) is 0 Å². The number of carbonyl (C=O) groups is 1. The van der Waals surface area contributed by atoms with Gasteiger partial charge >= 0.3 is 0 Å². The van der Waals surface area contributed by atoms with Crippen LogP contribution in [-0.2, 0) is 4.79 Å². The number of thioether (sulfide) groups is 1. The van der Waals surface area contributed by atoms with Gasteiger partial charge in [-0.3, -0.25) is 4.79 Å². The van der Waals surface area contributed by atoms with Crippen LogP contribution in [0.2, 0.25) is 0 Å². The van der Waals surface area contributed by atoms with E-state index in [9.17, 15) is 4.79 Å². The van der Waals surface area contributed by atoms with Crippen LogP contribution >= 0.6 is 11.8 Å². The number of rotatable bonds is 5. The van der Waals surface area contributed by atoms with E-state index in [1.54, 1.807) is 0 Å². The number of aromatic nitrogens is 1. The Morgan fingerprint density at radius 1 is 1.44 bits per heavy atom. The van der Waals surface area contributed by atoms with Gasteiger partial charge in [0, 0.05) is 11.6 Å². The third kappa shape index (κ3) is 3.97. The Balaban J connectivity index is 2.58. The molecule has 88 valence electrons. The van der Waals surface area contributed by atoms with Crippen molar-refractivity contribution in [1.29, 1.82) is 0 Å². The van der Waals surface area contributed by atoms with Gasteiger partial charge in [-0.25, -0.2) is 4.98 Å². The molecule has 0 amide bonds. The molecule has 0 fully saturated rings. The van der Waals surface area contributed by atoms with Crippen molar-refractivity contribution in [3.8, 4) is 0 Å². The maximum Gasteiger partial charge on any atom is 0.145 e. The monoisotopic (exact) mass is 237 g/mol. The molecular formula is C13H19NOS. The molecule has 16 heavy (non-hydrogen) atoms. The molecule has 1 aromatic heterocycles. The fourth-order valence-corrected chi connectivity index (χ4v) is 2.45. The van der Waals surface area contributed by atoms with Crippen molar-refractivity contribution in [1.82, 2.24) is 4.98 Å². The van der Waals surface area contributed by atoms with Crippen LogP contribution in [0, 0.1) is 19.8 Å². The molecule has 0 saturated heterocycles. The molecule has 0 N–H and O–H groups in total. The van der Waals surface area contributed by atoms with Gasteiger partial charge in [-0.05, 0) is 38.0 Å². The average molecular weight is 237 g/mol. The van der Waals surface area contributed by atoms with Crippen LogP contribution in [0.25, 0.3) is 0 Å². The predicted octanol–water partition coefficient (Wildman–Crippen LogP) is 3.41. The van der Waals surface area contributed by atoms with Gasteiger partial charge in [-0.2, -0.15) is 0 Å². The molecule has 0 aliphatic heterocycles. The lowest BCUT2D eigenvalue weighted by molar-refractivity contribution is -0.119. The van der Waals surface area contributed by atoms with Gasteiger partial charge in [0.15, 0.2) is 0 Å². The van der Waals surface area contributed by atoms with Gasteiger partial charge in [0.2, 0.25) is 0 Å². The zero-order valence-electron chi connectivity index (χ0n) is 10.4. The molecule has 0 aromatic carbocycles. The van der Waals surface area contributed by atoms with E-state index in [0.717, 1.165) is 17.1 Å². The van der Waals surface area contributed by atoms with Crippen molar-refractivity contribution >= 4 is 17.5 Å². The number of Topliss-reactive ketones (excluding diaryl/α,β-unsaturated/α-hetero) is 1. The molecule has 1 rings (SSSR count). The molecule has 1 atom stereocenters. The fraction of sp³-hybridized carbons (Fsp3) is 0.538. The van der Waals surface area contributed by atoms with E-state index in [1.807, 2.05) is 32.9 Å². The van der Waals surface area contributed by atoms with Crippen LogP contribution in [0.15, 0.2) is 17.2 Å². The molecule has 0 radical (unpaired) electrons. The predicted molar refractivity (Wildman–Crippen MR) is 68.9 cm³/mol. The Morgan fingerprint density at radius 2 is 2.12 bits per heavy atom. The highest BCUT2D eigenvalue weighted by Gasteiger charge is 2.11. The van der Waals surface area contributed by atoms with Gasteiger partial charge in [0.25, 0.3) is 0 Å². The minimum Gasteiger partial charge on any atom is -0.298 e. The molecule has 1 heterocycles. The van der Waals surface area contributed by atoms with Gasteiger partial charge in [-0.1, -0.05) is 25.6 Å². The molecule has 0 aliphatic carbocycles. The van der Waals surface area contributed by atoms with Crippen LogP contribution in [-0.4, -0.2) is 16.5 Å². The second-order valence-corrected chi connectivity index (χ2v) is 5.18. The second kappa shape index (κ2) is 6.04. The zero-order valence-corrected chi connectivity index (χ0v) is 11.2. The smallest absolute Gasteiger partial charge is 0.145 e. The molecule has 0 aliphatic rings. The summed E-state index contributed by atoms with van der Waals surface area (Å²) in [5.41, 5.74) is 2.21. The minimum atomic E-state index is 0.165. The summed E-state index contributed by atoms with van der Waals surface area (Å²) in [4.78, 5) is 16.1. The second-order valence-electron chi connectivity index (χ2n) is 4.19. The topological polar surface area (TPSA) is 30.0 Å². The first-order valence-corrected chi connectivity index (χ1v) is 6.62. The quantitative estimate of drug-likeness (QED) is 0.735. The molecule has 0 spiro atoms. The van der Waals surface area contributed by atoms with Crippen molar-refractivity contribution in [2.45, 2.75) is 39.1 Å². The van der Waals surface area contributed by atoms with Gasteiger partial charge in [-0.15, -0.1) is 0 Å². The van der Waals surface area contributed by atoms with Crippen molar-refractivity contribution < 1.29 is 4.79 Å². The Hall–Kier alpha value is -0.830. The van der Waals surface area contributed by atoms with E-state index in [1.165, 1.54) is 17.3 Å². The summed E-state index contributed by atoms with van der Waals surface area (Å²) in [6.45, 7) is 8.06. The van der Waals surface area contributed by atoms with Crippen molar-refractivity contribution in [2.24, 2.45) is 5.92 Å². The maximum atomic E-state index is 11.7. The van der Waals surface area contributed by atoms with Gasteiger partial charge < -0.3 is 0 Å². The van der Waals surface area contributed by atoms with Crippen LogP contribution in [0.3, 0.4) is 0 Å². The summed E-state index contributed by atoms with van der Waals surface area (Å²) in [7, 11) is 0. The van der Waals surface area contributed by atoms with Crippen molar-refractivity contribution in [2.75, 3.05) is 5.75 Å². The van der Waals surface area contributed by atoms with E-state index in [-0.39, 0.29) is 5.92 Å². The molecule has 1 unspecified atom stereocenters. The number of pyridine rings is 1. The minimum absolute atomic E-state index is 0.165. The highest BCUT2D eigenvalue weighted by molar-refractivity contribution is 7.99. The lowest BCUT2D eigenvalue weighted by atomic mass is 10.1. The summed E-state index contributed by atoms with van der Waals surface area (Å²) in [5, 5.41) is 0.953. The summed E-state index contributed by atoms with van der Waals surface area (Å²) in [6.07, 6.45) is 0.916. The Kier molecular flexibility index (Phi) is 5.00. The summed E-state index contributed by atoms with van der Waals surface area (Å²) in [6, 6.07) is 4.07. The third-order valence-corrected chi connectivity index (χ3v) is 3.53. The first kappa shape index (κ1) is 13.2. The molecular weight excluding hydrogens is 218 g/mol. The maximum absolute atomic E-state index is 11.7.